The average molecular weight is 366 g/mol. The summed E-state index contributed by atoms with van der Waals surface area (Å²) in [4.78, 5) is 2.45. The molecule has 0 N–H and O–H groups in total. The van der Waals surface area contributed by atoms with Crippen molar-refractivity contribution >= 4 is 27.8 Å². The molecule has 0 unspecified atom stereocenters. The topological polar surface area (TPSA) is 3.24 Å². The second kappa shape index (κ2) is 7.16. The van der Waals surface area contributed by atoms with Gasteiger partial charge in [-0.15, -0.1) is 0 Å². The average Bonchev–Trinajstić information content (AvgIpc) is 2.65. The van der Waals surface area contributed by atoms with Crippen LogP contribution in [0.25, 0.3) is 10.8 Å². The summed E-state index contributed by atoms with van der Waals surface area (Å²) < 4.78 is 0. The summed E-state index contributed by atoms with van der Waals surface area (Å²) in [5.41, 5.74) is 10.2. The van der Waals surface area contributed by atoms with E-state index >= 15 is 0 Å². The van der Waals surface area contributed by atoms with E-state index in [-0.39, 0.29) is 0 Å². The molecule has 0 radical (unpaired) electrons. The molecule has 0 bridgehead atoms. The zero-order chi connectivity index (χ0) is 19.8. The molecule has 1 nitrogen and oxygen atoms in total. The molecule has 4 aromatic rings. The summed E-state index contributed by atoms with van der Waals surface area (Å²) >= 11 is 0. The van der Waals surface area contributed by atoms with Crippen LogP contribution in [0, 0.1) is 34.6 Å². The van der Waals surface area contributed by atoms with E-state index in [0.29, 0.717) is 0 Å². The maximum Gasteiger partial charge on any atom is 0.0540 e. The Kier molecular flexibility index (Phi) is 4.68. The first-order valence-corrected chi connectivity index (χ1v) is 9.88. The van der Waals surface area contributed by atoms with Gasteiger partial charge in [0.15, 0.2) is 0 Å². The van der Waals surface area contributed by atoms with Crippen LogP contribution in [0.3, 0.4) is 0 Å². The van der Waals surface area contributed by atoms with Crippen molar-refractivity contribution in [3.63, 3.8) is 0 Å². The number of fused-ring (bicyclic) bond motifs is 1. The fourth-order valence-corrected chi connectivity index (χ4v) is 4.36. The van der Waals surface area contributed by atoms with E-state index in [1.165, 1.54) is 55.7 Å². The Bertz CT molecular complexity index is 1140. The van der Waals surface area contributed by atoms with E-state index in [0.717, 1.165) is 0 Å². The van der Waals surface area contributed by atoms with Gasteiger partial charge in [-0.2, -0.15) is 0 Å². The third-order valence-electron chi connectivity index (χ3n) is 5.46. The molecule has 0 fully saturated rings. The van der Waals surface area contributed by atoms with Crippen LogP contribution in [0.5, 0.6) is 0 Å². The molecule has 4 rings (SSSR count). The molecule has 0 saturated carbocycles. The molecule has 140 valence electrons. The van der Waals surface area contributed by atoms with Gasteiger partial charge in [-0.25, -0.2) is 0 Å². The first kappa shape index (κ1) is 18.3. The summed E-state index contributed by atoms with van der Waals surface area (Å²) in [6, 6.07) is 26.5. The zero-order valence-corrected chi connectivity index (χ0v) is 17.4. The second-order valence-corrected chi connectivity index (χ2v) is 7.87. The number of anilines is 3. The van der Waals surface area contributed by atoms with E-state index in [9.17, 15) is 0 Å². The molecule has 0 aromatic heterocycles. The Balaban J connectivity index is 2.08. The minimum Gasteiger partial charge on any atom is -0.309 e. The first-order chi connectivity index (χ1) is 13.5. The molecular formula is C27H27N. The lowest BCUT2D eigenvalue weighted by Gasteiger charge is -2.31. The van der Waals surface area contributed by atoms with Gasteiger partial charge < -0.3 is 4.90 Å². The van der Waals surface area contributed by atoms with Gasteiger partial charge >= 0.3 is 0 Å². The predicted molar refractivity (Wildman–Crippen MR) is 122 cm³/mol. The third-order valence-corrected chi connectivity index (χ3v) is 5.46. The summed E-state index contributed by atoms with van der Waals surface area (Å²) in [5.74, 6) is 0. The number of hydrogen-bond acceptors (Lipinski definition) is 1. The highest BCUT2D eigenvalue weighted by molar-refractivity contribution is 5.99. The maximum absolute atomic E-state index is 2.45. The SMILES string of the molecule is Cc1ccc(N(c2c(C)cc(C)cc2C)c2cccc3ccccc23)c(C)c1. The van der Waals surface area contributed by atoms with Gasteiger partial charge in [0.05, 0.1) is 11.4 Å². The van der Waals surface area contributed by atoms with E-state index in [4.69, 9.17) is 0 Å². The highest BCUT2D eigenvalue weighted by Crippen LogP contribution is 2.43. The lowest BCUT2D eigenvalue weighted by atomic mass is 9.99. The molecule has 0 aliphatic rings. The molecule has 0 spiro atoms. The van der Waals surface area contributed by atoms with Gasteiger partial charge in [0, 0.05) is 11.1 Å². The Morgan fingerprint density at radius 3 is 1.89 bits per heavy atom. The molecule has 0 amide bonds. The molecule has 0 atom stereocenters. The minimum atomic E-state index is 1.22. The summed E-state index contributed by atoms with van der Waals surface area (Å²) in [6.07, 6.45) is 0. The van der Waals surface area contributed by atoms with Crippen LogP contribution in [-0.2, 0) is 0 Å². The van der Waals surface area contributed by atoms with Gasteiger partial charge in [-0.05, 0) is 68.8 Å². The van der Waals surface area contributed by atoms with Crippen molar-refractivity contribution in [3.8, 4) is 0 Å². The normalized spacial score (nSPS) is 11.0. The highest BCUT2D eigenvalue weighted by Gasteiger charge is 2.20. The van der Waals surface area contributed by atoms with Crippen LogP contribution in [0.4, 0.5) is 17.1 Å². The molecule has 0 aliphatic carbocycles. The van der Waals surface area contributed by atoms with Crippen molar-refractivity contribution in [3.05, 3.63) is 101 Å². The van der Waals surface area contributed by atoms with Gasteiger partial charge in [0.2, 0.25) is 0 Å². The third kappa shape index (κ3) is 3.18. The number of nitrogens with zero attached hydrogens (tertiary/aromatic N) is 1. The number of hydrogen-bond donors (Lipinski definition) is 0. The van der Waals surface area contributed by atoms with E-state index in [1.807, 2.05) is 0 Å². The van der Waals surface area contributed by atoms with Crippen LogP contribution in [0.15, 0.2) is 72.8 Å². The number of rotatable bonds is 3. The smallest absolute Gasteiger partial charge is 0.0540 e. The molecule has 0 heterocycles. The van der Waals surface area contributed by atoms with Crippen LogP contribution in [-0.4, -0.2) is 0 Å². The Morgan fingerprint density at radius 1 is 0.536 bits per heavy atom. The monoisotopic (exact) mass is 365 g/mol. The van der Waals surface area contributed by atoms with Gasteiger partial charge in [0.25, 0.3) is 0 Å². The van der Waals surface area contributed by atoms with Crippen molar-refractivity contribution in [2.24, 2.45) is 0 Å². The summed E-state index contributed by atoms with van der Waals surface area (Å²) in [6.45, 7) is 11.0. The minimum absolute atomic E-state index is 1.22. The van der Waals surface area contributed by atoms with Crippen LogP contribution < -0.4 is 4.90 Å². The van der Waals surface area contributed by atoms with Crippen molar-refractivity contribution in [1.82, 2.24) is 0 Å². The molecule has 0 saturated heterocycles. The quantitative estimate of drug-likeness (QED) is 0.357. The Labute approximate surface area is 168 Å². The first-order valence-electron chi connectivity index (χ1n) is 9.88. The predicted octanol–water partition coefficient (Wildman–Crippen LogP) is 7.85. The van der Waals surface area contributed by atoms with Crippen molar-refractivity contribution < 1.29 is 0 Å². The lowest BCUT2D eigenvalue weighted by molar-refractivity contribution is 1.19. The number of aryl methyl sites for hydroxylation is 5. The summed E-state index contributed by atoms with van der Waals surface area (Å²) in [5, 5.41) is 2.53. The van der Waals surface area contributed by atoms with E-state index in [2.05, 4.69) is 112 Å². The fraction of sp³-hybridized carbons (Fsp3) is 0.185. The van der Waals surface area contributed by atoms with Crippen LogP contribution in [0.2, 0.25) is 0 Å². The van der Waals surface area contributed by atoms with Gasteiger partial charge in [0.1, 0.15) is 0 Å². The molecular weight excluding hydrogens is 338 g/mol. The zero-order valence-electron chi connectivity index (χ0n) is 17.4. The van der Waals surface area contributed by atoms with Crippen LogP contribution >= 0.6 is 0 Å². The summed E-state index contributed by atoms with van der Waals surface area (Å²) in [7, 11) is 0. The van der Waals surface area contributed by atoms with Crippen molar-refractivity contribution in [1.29, 1.82) is 0 Å². The highest BCUT2D eigenvalue weighted by atomic mass is 15.1. The lowest BCUT2D eigenvalue weighted by Crippen LogP contribution is -2.15. The van der Waals surface area contributed by atoms with E-state index < -0.39 is 0 Å². The maximum atomic E-state index is 2.45. The largest absolute Gasteiger partial charge is 0.309 e. The molecule has 4 aromatic carbocycles. The Morgan fingerprint density at radius 2 is 1.18 bits per heavy atom. The standard InChI is InChI=1S/C27H27N/c1-18-13-14-25(20(3)15-18)28(27-21(4)16-19(2)17-22(27)5)26-12-8-10-23-9-6-7-11-24(23)26/h6-17H,1-5H3. The van der Waals surface area contributed by atoms with Crippen molar-refractivity contribution in [2.45, 2.75) is 34.6 Å². The second-order valence-electron chi connectivity index (χ2n) is 7.87. The Hall–Kier alpha value is -3.06. The van der Waals surface area contributed by atoms with E-state index in [1.54, 1.807) is 0 Å². The number of benzene rings is 4. The fourth-order valence-electron chi connectivity index (χ4n) is 4.36. The van der Waals surface area contributed by atoms with Crippen LogP contribution in [0.1, 0.15) is 27.8 Å². The molecule has 28 heavy (non-hydrogen) atoms. The van der Waals surface area contributed by atoms with Gasteiger partial charge in [-0.3, -0.25) is 0 Å². The molecule has 1 heteroatoms. The van der Waals surface area contributed by atoms with Crippen molar-refractivity contribution in [2.75, 3.05) is 4.90 Å². The molecule has 0 aliphatic heterocycles. The van der Waals surface area contributed by atoms with Gasteiger partial charge in [-0.1, -0.05) is 71.8 Å².